The van der Waals surface area contributed by atoms with Gasteiger partial charge in [-0.25, -0.2) is 9.67 Å². The molecule has 8 heteroatoms. The van der Waals surface area contributed by atoms with Crippen LogP contribution in [-0.4, -0.2) is 32.4 Å². The molecule has 6 nitrogen and oxygen atoms in total. The fraction of sp³-hybridized carbons (Fsp3) is 0.368. The lowest BCUT2D eigenvalue weighted by atomic mass is 10.0. The number of carbonyl (C=O) groups is 1. The molecule has 2 heterocycles. The van der Waals surface area contributed by atoms with Crippen molar-refractivity contribution in [2.24, 2.45) is 0 Å². The van der Waals surface area contributed by atoms with E-state index in [4.69, 9.17) is 16.6 Å². The summed E-state index contributed by atoms with van der Waals surface area (Å²) in [7, 11) is 0. The number of aromatic nitrogens is 4. The van der Waals surface area contributed by atoms with E-state index in [0.29, 0.717) is 23.0 Å². The van der Waals surface area contributed by atoms with E-state index in [2.05, 4.69) is 15.6 Å². The molecule has 2 aromatic heterocycles. The number of halogens is 1. The summed E-state index contributed by atoms with van der Waals surface area (Å²) in [5.41, 5.74) is 3.04. The van der Waals surface area contributed by atoms with Gasteiger partial charge in [-0.3, -0.25) is 4.79 Å². The number of nitrogens with zero attached hydrogens (tertiary/aromatic N) is 4. The Hall–Kier alpha value is -2.25. The lowest BCUT2D eigenvalue weighted by Gasteiger charge is -2.06. The third-order valence-electron chi connectivity index (χ3n) is 4.68. The Morgan fingerprint density at radius 3 is 3.00 bits per heavy atom. The van der Waals surface area contributed by atoms with Gasteiger partial charge in [0.05, 0.1) is 22.1 Å². The monoisotopic (exact) mass is 401 g/mol. The van der Waals surface area contributed by atoms with Gasteiger partial charge in [0.25, 0.3) is 5.91 Å². The molecule has 3 aromatic rings. The van der Waals surface area contributed by atoms with Crippen LogP contribution in [0.4, 0.5) is 0 Å². The number of amides is 1. The Kier molecular flexibility index (Phi) is 5.22. The number of carbonyl (C=O) groups excluding carboxylic acids is 1. The first kappa shape index (κ1) is 18.1. The average Bonchev–Trinajstić information content (AvgIpc) is 3.24. The molecular formula is C19H20ClN5OS. The molecule has 0 saturated carbocycles. The Bertz CT molecular complexity index is 957. The minimum Gasteiger partial charge on any atom is -0.350 e. The average molecular weight is 402 g/mol. The Labute approximate surface area is 166 Å². The summed E-state index contributed by atoms with van der Waals surface area (Å²) in [5, 5.41) is 12.8. The van der Waals surface area contributed by atoms with Gasteiger partial charge in [-0.1, -0.05) is 22.9 Å². The van der Waals surface area contributed by atoms with E-state index in [9.17, 15) is 4.79 Å². The molecule has 0 bridgehead atoms. The number of hydrogen-bond acceptors (Lipinski definition) is 5. The van der Waals surface area contributed by atoms with Crippen LogP contribution in [0.15, 0.2) is 24.3 Å². The number of fused-ring (bicyclic) bond motifs is 1. The fourth-order valence-corrected chi connectivity index (χ4v) is 4.61. The van der Waals surface area contributed by atoms with Gasteiger partial charge in [0.1, 0.15) is 0 Å². The number of aryl methyl sites for hydroxylation is 2. The largest absolute Gasteiger partial charge is 0.350 e. The van der Waals surface area contributed by atoms with Crippen molar-refractivity contribution in [1.82, 2.24) is 25.3 Å². The molecule has 0 radical (unpaired) electrons. The molecule has 0 spiro atoms. The molecule has 4 rings (SSSR count). The number of rotatable bonds is 5. The Morgan fingerprint density at radius 2 is 2.19 bits per heavy atom. The van der Waals surface area contributed by atoms with Crippen molar-refractivity contribution in [2.75, 3.05) is 6.54 Å². The molecule has 1 aliphatic carbocycles. The zero-order valence-corrected chi connectivity index (χ0v) is 16.6. The van der Waals surface area contributed by atoms with Gasteiger partial charge in [-0.15, -0.1) is 16.4 Å². The Morgan fingerprint density at radius 1 is 1.33 bits per heavy atom. The van der Waals surface area contributed by atoms with E-state index in [1.54, 1.807) is 28.2 Å². The quantitative estimate of drug-likeness (QED) is 0.709. The minimum atomic E-state index is -0.220. The maximum absolute atomic E-state index is 12.5. The van der Waals surface area contributed by atoms with Crippen LogP contribution in [0.5, 0.6) is 0 Å². The van der Waals surface area contributed by atoms with Crippen molar-refractivity contribution >= 4 is 28.8 Å². The molecule has 1 amide bonds. The van der Waals surface area contributed by atoms with E-state index in [1.165, 1.54) is 23.4 Å². The van der Waals surface area contributed by atoms with Crippen molar-refractivity contribution in [3.8, 4) is 5.69 Å². The third-order valence-corrected chi connectivity index (χ3v) is 6.13. The highest BCUT2D eigenvalue weighted by molar-refractivity contribution is 7.11. The second kappa shape index (κ2) is 7.78. The van der Waals surface area contributed by atoms with E-state index in [-0.39, 0.29) is 5.91 Å². The molecule has 1 aliphatic rings. The highest BCUT2D eigenvalue weighted by Gasteiger charge is 2.18. The standard InChI is InChI=1S/C19H20ClN5OS/c1-12-18(23-24-25(12)14-6-4-5-13(20)11-14)19(26)21-10-9-17-22-15-7-2-3-8-16(15)27-17/h4-6,11H,2-3,7-10H2,1H3,(H,21,26). The summed E-state index contributed by atoms with van der Waals surface area (Å²) in [6.45, 7) is 2.36. The van der Waals surface area contributed by atoms with Crippen LogP contribution in [0.1, 0.15) is 44.6 Å². The van der Waals surface area contributed by atoms with Crippen LogP contribution < -0.4 is 5.32 Å². The third kappa shape index (κ3) is 3.89. The van der Waals surface area contributed by atoms with Gasteiger partial charge in [-0.2, -0.15) is 0 Å². The van der Waals surface area contributed by atoms with Crippen molar-refractivity contribution in [3.05, 3.63) is 56.3 Å². The molecule has 1 aromatic carbocycles. The van der Waals surface area contributed by atoms with Gasteiger partial charge in [-0.05, 0) is 50.8 Å². The first-order chi connectivity index (χ1) is 13.1. The summed E-state index contributed by atoms with van der Waals surface area (Å²) < 4.78 is 1.62. The number of hydrogen-bond donors (Lipinski definition) is 1. The molecule has 0 fully saturated rings. The molecular weight excluding hydrogens is 382 g/mol. The van der Waals surface area contributed by atoms with Crippen molar-refractivity contribution in [2.45, 2.75) is 39.0 Å². The Balaban J connectivity index is 1.39. The molecule has 1 N–H and O–H groups in total. The fourth-order valence-electron chi connectivity index (χ4n) is 3.27. The summed E-state index contributed by atoms with van der Waals surface area (Å²) in [4.78, 5) is 18.6. The van der Waals surface area contributed by atoms with E-state index >= 15 is 0 Å². The lowest BCUT2D eigenvalue weighted by molar-refractivity contribution is 0.0948. The van der Waals surface area contributed by atoms with Crippen LogP contribution >= 0.6 is 22.9 Å². The number of thiazole rings is 1. The molecule has 0 atom stereocenters. The van der Waals surface area contributed by atoms with Gasteiger partial charge in [0, 0.05) is 22.9 Å². The van der Waals surface area contributed by atoms with E-state index < -0.39 is 0 Å². The predicted octanol–water partition coefficient (Wildman–Crippen LogP) is 3.54. The summed E-state index contributed by atoms with van der Waals surface area (Å²) >= 11 is 7.82. The summed E-state index contributed by atoms with van der Waals surface area (Å²) in [6, 6.07) is 7.29. The zero-order valence-electron chi connectivity index (χ0n) is 15.0. The number of nitrogens with one attached hydrogen (secondary N) is 1. The maximum atomic E-state index is 12.5. The van der Waals surface area contributed by atoms with Crippen LogP contribution in [0.2, 0.25) is 5.02 Å². The van der Waals surface area contributed by atoms with Crippen molar-refractivity contribution < 1.29 is 4.79 Å². The first-order valence-electron chi connectivity index (χ1n) is 9.05. The zero-order chi connectivity index (χ0) is 18.8. The molecule has 140 valence electrons. The van der Waals surface area contributed by atoms with Gasteiger partial charge >= 0.3 is 0 Å². The van der Waals surface area contributed by atoms with E-state index in [1.807, 2.05) is 19.1 Å². The number of benzene rings is 1. The van der Waals surface area contributed by atoms with Crippen molar-refractivity contribution in [3.63, 3.8) is 0 Å². The van der Waals surface area contributed by atoms with Crippen LogP contribution in [0.25, 0.3) is 5.69 Å². The first-order valence-corrected chi connectivity index (χ1v) is 10.2. The maximum Gasteiger partial charge on any atom is 0.273 e. The highest BCUT2D eigenvalue weighted by atomic mass is 35.5. The second-order valence-corrected chi connectivity index (χ2v) is 8.21. The summed E-state index contributed by atoms with van der Waals surface area (Å²) in [6.07, 6.45) is 5.46. The highest BCUT2D eigenvalue weighted by Crippen LogP contribution is 2.26. The normalized spacial score (nSPS) is 13.4. The van der Waals surface area contributed by atoms with Crippen molar-refractivity contribution in [1.29, 1.82) is 0 Å². The lowest BCUT2D eigenvalue weighted by Crippen LogP contribution is -2.26. The molecule has 0 unspecified atom stereocenters. The van der Waals surface area contributed by atoms with Crippen LogP contribution in [0, 0.1) is 6.92 Å². The minimum absolute atomic E-state index is 0.220. The summed E-state index contributed by atoms with van der Waals surface area (Å²) in [5.74, 6) is -0.220. The topological polar surface area (TPSA) is 72.7 Å². The SMILES string of the molecule is Cc1c(C(=O)NCCc2nc3c(s2)CCCC3)nnn1-c1cccc(Cl)c1. The smallest absolute Gasteiger partial charge is 0.273 e. The van der Waals surface area contributed by atoms with Gasteiger partial charge in [0.15, 0.2) is 5.69 Å². The predicted molar refractivity (Wildman–Crippen MR) is 106 cm³/mol. The second-order valence-electron chi connectivity index (χ2n) is 6.61. The molecule has 0 saturated heterocycles. The van der Waals surface area contributed by atoms with Crippen LogP contribution in [0.3, 0.4) is 0 Å². The molecule has 0 aliphatic heterocycles. The van der Waals surface area contributed by atoms with Crippen LogP contribution in [-0.2, 0) is 19.3 Å². The van der Waals surface area contributed by atoms with Gasteiger partial charge < -0.3 is 5.32 Å². The molecule has 27 heavy (non-hydrogen) atoms. The van der Waals surface area contributed by atoms with E-state index in [0.717, 1.165) is 30.0 Å². The van der Waals surface area contributed by atoms with Gasteiger partial charge in [0.2, 0.25) is 0 Å².